The first kappa shape index (κ1) is 14.5. The SMILES string of the molecule is COCc1ccc(C(=O)N2CCNC(=O)C2(C)C)cc1. The number of hydrogen-bond donors (Lipinski definition) is 1. The molecule has 5 heteroatoms. The minimum absolute atomic E-state index is 0.117. The van der Waals surface area contributed by atoms with E-state index in [-0.39, 0.29) is 11.8 Å². The van der Waals surface area contributed by atoms with E-state index >= 15 is 0 Å². The van der Waals surface area contributed by atoms with Gasteiger partial charge in [0, 0.05) is 25.8 Å². The average molecular weight is 276 g/mol. The number of nitrogens with zero attached hydrogens (tertiary/aromatic N) is 1. The molecule has 1 heterocycles. The van der Waals surface area contributed by atoms with Crippen LogP contribution in [0, 0.1) is 0 Å². The molecule has 0 aliphatic carbocycles. The summed E-state index contributed by atoms with van der Waals surface area (Å²) < 4.78 is 5.04. The van der Waals surface area contributed by atoms with Crippen LogP contribution < -0.4 is 5.32 Å². The summed E-state index contributed by atoms with van der Waals surface area (Å²) in [5, 5.41) is 2.79. The van der Waals surface area contributed by atoms with Crippen molar-refractivity contribution < 1.29 is 14.3 Å². The second kappa shape index (κ2) is 5.63. The van der Waals surface area contributed by atoms with Crippen molar-refractivity contribution in [2.45, 2.75) is 26.0 Å². The van der Waals surface area contributed by atoms with Gasteiger partial charge in [-0.05, 0) is 31.5 Å². The summed E-state index contributed by atoms with van der Waals surface area (Å²) in [5.74, 6) is -0.234. The van der Waals surface area contributed by atoms with Gasteiger partial charge < -0.3 is 15.0 Å². The van der Waals surface area contributed by atoms with Crippen LogP contribution in [0.3, 0.4) is 0 Å². The zero-order valence-electron chi connectivity index (χ0n) is 12.1. The van der Waals surface area contributed by atoms with Gasteiger partial charge in [-0.3, -0.25) is 9.59 Å². The van der Waals surface area contributed by atoms with Crippen molar-refractivity contribution in [1.29, 1.82) is 0 Å². The van der Waals surface area contributed by atoms with Gasteiger partial charge in [0.1, 0.15) is 5.54 Å². The Morgan fingerprint density at radius 1 is 1.35 bits per heavy atom. The normalized spacial score (nSPS) is 17.8. The van der Waals surface area contributed by atoms with Crippen molar-refractivity contribution in [3.05, 3.63) is 35.4 Å². The van der Waals surface area contributed by atoms with E-state index in [0.717, 1.165) is 5.56 Å². The fraction of sp³-hybridized carbons (Fsp3) is 0.467. The van der Waals surface area contributed by atoms with Crippen LogP contribution in [0.4, 0.5) is 0 Å². The molecule has 1 aromatic carbocycles. The predicted octanol–water partition coefficient (Wildman–Crippen LogP) is 1.18. The summed E-state index contributed by atoms with van der Waals surface area (Å²) in [6.45, 7) is 5.07. The number of piperazine rings is 1. The van der Waals surface area contributed by atoms with Gasteiger partial charge in [-0.1, -0.05) is 12.1 Å². The van der Waals surface area contributed by atoms with Crippen molar-refractivity contribution >= 4 is 11.8 Å². The number of benzene rings is 1. The number of rotatable bonds is 3. The molecule has 2 rings (SSSR count). The first-order chi connectivity index (χ1) is 9.46. The van der Waals surface area contributed by atoms with Crippen LogP contribution in [0.15, 0.2) is 24.3 Å². The standard InChI is InChI=1S/C15H20N2O3/c1-15(2)14(19)16-8-9-17(15)13(18)12-6-4-11(5-7-12)10-20-3/h4-7H,8-10H2,1-3H3,(H,16,19). The number of hydrogen-bond acceptors (Lipinski definition) is 3. The summed E-state index contributed by atoms with van der Waals surface area (Å²) in [5.41, 5.74) is 0.785. The number of nitrogens with one attached hydrogen (secondary N) is 1. The maximum atomic E-state index is 12.5. The lowest BCUT2D eigenvalue weighted by Gasteiger charge is -2.41. The molecule has 1 N–H and O–H groups in total. The van der Waals surface area contributed by atoms with Crippen molar-refractivity contribution in [3.63, 3.8) is 0 Å². The summed E-state index contributed by atoms with van der Waals surface area (Å²) in [6, 6.07) is 7.29. The van der Waals surface area contributed by atoms with E-state index in [1.807, 2.05) is 12.1 Å². The van der Waals surface area contributed by atoms with Crippen molar-refractivity contribution in [2.24, 2.45) is 0 Å². The van der Waals surface area contributed by atoms with Gasteiger partial charge in [0.25, 0.3) is 5.91 Å². The molecule has 1 aliphatic heterocycles. The highest BCUT2D eigenvalue weighted by molar-refractivity contribution is 5.99. The topological polar surface area (TPSA) is 58.6 Å². The Labute approximate surface area is 118 Å². The molecule has 0 saturated carbocycles. The molecule has 0 atom stereocenters. The molecule has 2 amide bonds. The van der Waals surface area contributed by atoms with Gasteiger partial charge in [0.05, 0.1) is 6.61 Å². The molecule has 1 aromatic rings. The first-order valence-corrected chi connectivity index (χ1v) is 6.65. The quantitative estimate of drug-likeness (QED) is 0.902. The van der Waals surface area contributed by atoms with Gasteiger partial charge >= 0.3 is 0 Å². The maximum Gasteiger partial charge on any atom is 0.254 e. The van der Waals surface area contributed by atoms with Crippen LogP contribution in [-0.4, -0.2) is 42.5 Å². The Morgan fingerprint density at radius 2 is 2.00 bits per heavy atom. The molecule has 0 unspecified atom stereocenters. The lowest BCUT2D eigenvalue weighted by molar-refractivity contribution is -0.133. The highest BCUT2D eigenvalue weighted by atomic mass is 16.5. The van der Waals surface area contributed by atoms with E-state index in [2.05, 4.69) is 5.32 Å². The van der Waals surface area contributed by atoms with Crippen molar-refractivity contribution in [1.82, 2.24) is 10.2 Å². The molecular weight excluding hydrogens is 256 g/mol. The van der Waals surface area contributed by atoms with E-state index in [1.54, 1.807) is 38.0 Å². The lowest BCUT2D eigenvalue weighted by Crippen LogP contribution is -2.63. The zero-order chi connectivity index (χ0) is 14.8. The van der Waals surface area contributed by atoms with Gasteiger partial charge in [-0.2, -0.15) is 0 Å². The molecule has 0 radical (unpaired) electrons. The molecule has 1 fully saturated rings. The second-order valence-corrected chi connectivity index (χ2v) is 5.40. The molecule has 0 bridgehead atoms. The van der Waals surface area contributed by atoms with Gasteiger partial charge in [-0.15, -0.1) is 0 Å². The van der Waals surface area contributed by atoms with Crippen LogP contribution >= 0.6 is 0 Å². The summed E-state index contributed by atoms with van der Waals surface area (Å²) in [4.78, 5) is 26.0. The van der Waals surface area contributed by atoms with Crippen LogP contribution in [0.5, 0.6) is 0 Å². The van der Waals surface area contributed by atoms with Crippen molar-refractivity contribution in [2.75, 3.05) is 20.2 Å². The third-order valence-electron chi connectivity index (χ3n) is 3.61. The molecule has 20 heavy (non-hydrogen) atoms. The van der Waals surface area contributed by atoms with Crippen LogP contribution in [-0.2, 0) is 16.1 Å². The summed E-state index contributed by atoms with van der Waals surface area (Å²) in [6.07, 6.45) is 0. The molecule has 1 aliphatic rings. The Hall–Kier alpha value is -1.88. The lowest BCUT2D eigenvalue weighted by atomic mass is 9.97. The van der Waals surface area contributed by atoms with Gasteiger partial charge in [-0.25, -0.2) is 0 Å². The van der Waals surface area contributed by atoms with Crippen LogP contribution in [0.25, 0.3) is 0 Å². The highest BCUT2D eigenvalue weighted by Crippen LogP contribution is 2.21. The summed E-state index contributed by atoms with van der Waals surface area (Å²) >= 11 is 0. The molecule has 0 spiro atoms. The minimum Gasteiger partial charge on any atom is -0.380 e. The third kappa shape index (κ3) is 2.67. The molecular formula is C15H20N2O3. The molecule has 1 saturated heterocycles. The van der Waals surface area contributed by atoms with Crippen LogP contribution in [0.1, 0.15) is 29.8 Å². The number of carbonyl (C=O) groups is 2. The second-order valence-electron chi connectivity index (χ2n) is 5.40. The van der Waals surface area contributed by atoms with E-state index in [4.69, 9.17) is 4.74 Å². The van der Waals surface area contributed by atoms with Crippen LogP contribution in [0.2, 0.25) is 0 Å². The third-order valence-corrected chi connectivity index (χ3v) is 3.61. The van der Waals surface area contributed by atoms with E-state index in [1.165, 1.54) is 0 Å². The van der Waals surface area contributed by atoms with E-state index in [0.29, 0.717) is 25.3 Å². The Bertz CT molecular complexity index is 508. The largest absolute Gasteiger partial charge is 0.380 e. The van der Waals surface area contributed by atoms with Gasteiger partial charge in [0.2, 0.25) is 5.91 Å². The maximum absolute atomic E-state index is 12.5. The first-order valence-electron chi connectivity index (χ1n) is 6.65. The Kier molecular flexibility index (Phi) is 4.09. The monoisotopic (exact) mass is 276 g/mol. The average Bonchev–Trinajstić information content (AvgIpc) is 2.42. The summed E-state index contributed by atoms with van der Waals surface area (Å²) in [7, 11) is 1.63. The number of carbonyl (C=O) groups excluding carboxylic acids is 2. The Balaban J connectivity index is 2.20. The molecule has 108 valence electrons. The zero-order valence-corrected chi connectivity index (χ0v) is 12.1. The fourth-order valence-corrected chi connectivity index (χ4v) is 2.32. The van der Waals surface area contributed by atoms with Gasteiger partial charge in [0.15, 0.2) is 0 Å². The highest BCUT2D eigenvalue weighted by Gasteiger charge is 2.40. The van der Waals surface area contributed by atoms with Crippen molar-refractivity contribution in [3.8, 4) is 0 Å². The number of methoxy groups -OCH3 is 1. The number of amides is 2. The van der Waals surface area contributed by atoms with E-state index < -0.39 is 5.54 Å². The number of ether oxygens (including phenoxy) is 1. The Morgan fingerprint density at radius 3 is 2.60 bits per heavy atom. The smallest absolute Gasteiger partial charge is 0.254 e. The molecule has 0 aromatic heterocycles. The van der Waals surface area contributed by atoms with E-state index in [9.17, 15) is 9.59 Å². The molecule has 5 nitrogen and oxygen atoms in total. The fourth-order valence-electron chi connectivity index (χ4n) is 2.32. The predicted molar refractivity (Wildman–Crippen MR) is 75.3 cm³/mol. The minimum atomic E-state index is -0.819.